The van der Waals surface area contributed by atoms with Crippen molar-refractivity contribution in [1.29, 1.82) is 0 Å². The van der Waals surface area contributed by atoms with E-state index >= 15 is 0 Å². The van der Waals surface area contributed by atoms with Crippen LogP contribution in [-0.4, -0.2) is 20.0 Å². The van der Waals surface area contributed by atoms with Crippen LogP contribution in [0.5, 0.6) is 0 Å². The monoisotopic (exact) mass is 342 g/mol. The molecular formula is C19H26N4S. The summed E-state index contributed by atoms with van der Waals surface area (Å²) in [5.41, 5.74) is 5.95. The van der Waals surface area contributed by atoms with Crippen LogP contribution < -0.4 is 10.6 Å². The zero-order valence-electron chi connectivity index (χ0n) is 14.9. The lowest BCUT2D eigenvalue weighted by molar-refractivity contribution is 0.815. The molecule has 0 saturated carbocycles. The predicted molar refractivity (Wildman–Crippen MR) is 103 cm³/mol. The number of rotatable bonds is 8. The standard InChI is InChI=1S/C19H26N4S/c1-14-9-16(11-20-3)5-7-18(14)23-22-13-24-19-8-6-17(12-21-4)10-15(19)2/h5-10,20-21H,11-13H2,1-4H3/b23-22+. The predicted octanol–water partition coefficient (Wildman–Crippen LogP) is 4.58. The first kappa shape index (κ1) is 18.6. The molecule has 2 N–H and O–H groups in total. The molecule has 0 atom stereocenters. The molecule has 0 bridgehead atoms. The van der Waals surface area contributed by atoms with E-state index in [4.69, 9.17) is 0 Å². The summed E-state index contributed by atoms with van der Waals surface area (Å²) in [6, 6.07) is 12.8. The van der Waals surface area contributed by atoms with Crippen LogP contribution in [0.25, 0.3) is 0 Å². The average Bonchev–Trinajstić information content (AvgIpc) is 2.55. The molecule has 0 saturated heterocycles. The summed E-state index contributed by atoms with van der Waals surface area (Å²) >= 11 is 1.72. The highest BCUT2D eigenvalue weighted by atomic mass is 32.2. The maximum atomic E-state index is 4.37. The summed E-state index contributed by atoms with van der Waals surface area (Å²) in [6.07, 6.45) is 0. The Morgan fingerprint density at radius 1 is 0.875 bits per heavy atom. The Hall–Kier alpha value is -1.69. The third-order valence-corrected chi connectivity index (χ3v) is 4.73. The van der Waals surface area contributed by atoms with E-state index in [1.165, 1.54) is 21.6 Å². The Labute approximate surface area is 149 Å². The van der Waals surface area contributed by atoms with Crippen molar-refractivity contribution in [2.75, 3.05) is 20.0 Å². The van der Waals surface area contributed by atoms with E-state index in [-0.39, 0.29) is 0 Å². The van der Waals surface area contributed by atoms with Crippen LogP contribution in [0.15, 0.2) is 51.5 Å². The van der Waals surface area contributed by atoms with Gasteiger partial charge < -0.3 is 10.6 Å². The van der Waals surface area contributed by atoms with Crippen LogP contribution in [-0.2, 0) is 13.1 Å². The first-order valence-electron chi connectivity index (χ1n) is 8.12. The molecule has 128 valence electrons. The van der Waals surface area contributed by atoms with Crippen molar-refractivity contribution >= 4 is 17.4 Å². The maximum Gasteiger partial charge on any atom is 0.110 e. The molecule has 0 aliphatic heterocycles. The van der Waals surface area contributed by atoms with Crippen LogP contribution in [0.3, 0.4) is 0 Å². The molecule has 0 radical (unpaired) electrons. The number of hydrogen-bond acceptors (Lipinski definition) is 5. The summed E-state index contributed by atoms with van der Waals surface area (Å²) in [7, 11) is 3.92. The summed E-state index contributed by atoms with van der Waals surface area (Å²) in [6.45, 7) is 5.99. The number of azo groups is 1. The van der Waals surface area contributed by atoms with Crippen molar-refractivity contribution in [3.8, 4) is 0 Å². The lowest BCUT2D eigenvalue weighted by atomic mass is 10.1. The summed E-state index contributed by atoms with van der Waals surface area (Å²) in [4.78, 5) is 1.26. The molecule has 2 rings (SSSR count). The Bertz CT molecular complexity index is 698. The molecule has 5 heteroatoms. The Morgan fingerprint density at radius 2 is 1.50 bits per heavy atom. The Kier molecular flexibility index (Phi) is 7.43. The topological polar surface area (TPSA) is 48.8 Å². The first-order valence-corrected chi connectivity index (χ1v) is 9.11. The molecule has 0 unspecified atom stereocenters. The van der Waals surface area contributed by atoms with E-state index in [0.29, 0.717) is 5.88 Å². The molecule has 2 aromatic rings. The third-order valence-electron chi connectivity index (χ3n) is 3.72. The van der Waals surface area contributed by atoms with Crippen LogP contribution in [0.1, 0.15) is 22.3 Å². The SMILES string of the molecule is CNCc1ccc(/N=N/CSc2ccc(CNC)cc2C)c(C)c1. The number of hydrogen-bond donors (Lipinski definition) is 2. The van der Waals surface area contributed by atoms with Crippen LogP contribution in [0, 0.1) is 13.8 Å². The van der Waals surface area contributed by atoms with Gasteiger partial charge in [0.2, 0.25) is 0 Å². The molecule has 0 aliphatic rings. The fraction of sp³-hybridized carbons (Fsp3) is 0.368. The molecule has 2 aromatic carbocycles. The van der Waals surface area contributed by atoms with Crippen molar-refractivity contribution in [3.63, 3.8) is 0 Å². The maximum absolute atomic E-state index is 4.37. The van der Waals surface area contributed by atoms with Gasteiger partial charge in [-0.1, -0.05) is 24.3 Å². The molecule has 0 fully saturated rings. The van der Waals surface area contributed by atoms with E-state index in [1.54, 1.807) is 11.8 Å². The second-order valence-corrected chi connectivity index (χ2v) is 6.78. The number of benzene rings is 2. The van der Waals surface area contributed by atoms with Crippen molar-refractivity contribution in [3.05, 3.63) is 58.7 Å². The van der Waals surface area contributed by atoms with Gasteiger partial charge in [0.1, 0.15) is 5.88 Å². The molecule has 0 aromatic heterocycles. The van der Waals surface area contributed by atoms with Gasteiger partial charge in [0.05, 0.1) is 5.69 Å². The highest BCUT2D eigenvalue weighted by Crippen LogP contribution is 2.25. The summed E-state index contributed by atoms with van der Waals surface area (Å²) in [5.74, 6) is 0.629. The molecule has 4 nitrogen and oxygen atoms in total. The summed E-state index contributed by atoms with van der Waals surface area (Å²) in [5, 5.41) is 15.0. The average molecular weight is 343 g/mol. The van der Waals surface area contributed by atoms with Gasteiger partial charge in [0, 0.05) is 18.0 Å². The van der Waals surface area contributed by atoms with E-state index in [2.05, 4.69) is 65.0 Å². The van der Waals surface area contributed by atoms with Crippen molar-refractivity contribution in [2.24, 2.45) is 10.2 Å². The van der Waals surface area contributed by atoms with Gasteiger partial charge in [-0.25, -0.2) is 0 Å². The van der Waals surface area contributed by atoms with Gasteiger partial charge in [-0.15, -0.1) is 11.8 Å². The van der Waals surface area contributed by atoms with Gasteiger partial charge in [-0.3, -0.25) is 0 Å². The number of thioether (sulfide) groups is 1. The number of nitrogens with zero attached hydrogens (tertiary/aromatic N) is 2. The largest absolute Gasteiger partial charge is 0.316 e. The Morgan fingerprint density at radius 3 is 2.08 bits per heavy atom. The van der Waals surface area contributed by atoms with E-state index in [0.717, 1.165) is 24.3 Å². The van der Waals surface area contributed by atoms with Crippen LogP contribution in [0.2, 0.25) is 0 Å². The van der Waals surface area contributed by atoms with Gasteiger partial charge in [0.15, 0.2) is 0 Å². The fourth-order valence-corrected chi connectivity index (χ4v) is 3.24. The van der Waals surface area contributed by atoms with E-state index in [1.807, 2.05) is 20.2 Å². The smallest absolute Gasteiger partial charge is 0.110 e. The third kappa shape index (κ3) is 5.44. The minimum Gasteiger partial charge on any atom is -0.316 e. The molecule has 0 amide bonds. The van der Waals surface area contributed by atoms with Crippen molar-refractivity contribution < 1.29 is 0 Å². The molecule has 0 heterocycles. The molecule has 0 aliphatic carbocycles. The zero-order chi connectivity index (χ0) is 17.4. The number of nitrogens with one attached hydrogen (secondary N) is 2. The minimum atomic E-state index is 0.629. The molecule has 24 heavy (non-hydrogen) atoms. The minimum absolute atomic E-state index is 0.629. The van der Waals surface area contributed by atoms with Gasteiger partial charge in [-0.2, -0.15) is 10.2 Å². The van der Waals surface area contributed by atoms with Gasteiger partial charge in [0.25, 0.3) is 0 Å². The van der Waals surface area contributed by atoms with Crippen LogP contribution >= 0.6 is 11.8 Å². The highest BCUT2D eigenvalue weighted by Gasteiger charge is 2.01. The lowest BCUT2D eigenvalue weighted by Crippen LogP contribution is -2.05. The zero-order valence-corrected chi connectivity index (χ0v) is 15.7. The lowest BCUT2D eigenvalue weighted by Gasteiger charge is -2.07. The first-order chi connectivity index (χ1) is 11.6. The van der Waals surface area contributed by atoms with Gasteiger partial charge in [-0.05, 0) is 62.3 Å². The fourth-order valence-electron chi connectivity index (χ4n) is 2.53. The Balaban J connectivity index is 1.93. The van der Waals surface area contributed by atoms with Crippen molar-refractivity contribution in [1.82, 2.24) is 10.6 Å². The normalized spacial score (nSPS) is 11.3. The highest BCUT2D eigenvalue weighted by molar-refractivity contribution is 7.99. The number of aryl methyl sites for hydroxylation is 2. The molecule has 0 spiro atoms. The molecular weight excluding hydrogens is 316 g/mol. The van der Waals surface area contributed by atoms with E-state index in [9.17, 15) is 0 Å². The van der Waals surface area contributed by atoms with Crippen LogP contribution in [0.4, 0.5) is 5.69 Å². The second kappa shape index (κ2) is 9.57. The second-order valence-electron chi connectivity index (χ2n) is 5.80. The van der Waals surface area contributed by atoms with Crippen molar-refractivity contribution in [2.45, 2.75) is 31.8 Å². The summed E-state index contributed by atoms with van der Waals surface area (Å²) < 4.78 is 0. The quantitative estimate of drug-likeness (QED) is 0.545. The van der Waals surface area contributed by atoms with E-state index < -0.39 is 0 Å². The van der Waals surface area contributed by atoms with Gasteiger partial charge >= 0.3 is 0 Å².